The highest BCUT2D eigenvalue weighted by Gasteiger charge is 2.17. The van der Waals surface area contributed by atoms with Gasteiger partial charge in [-0.1, -0.05) is 29.3 Å². The molecule has 0 N–H and O–H groups in total. The van der Waals surface area contributed by atoms with Gasteiger partial charge in [-0.25, -0.2) is 0 Å². The van der Waals surface area contributed by atoms with Crippen LogP contribution in [0.25, 0.3) is 0 Å². The molecule has 0 unspecified atom stereocenters. The van der Waals surface area contributed by atoms with Crippen LogP contribution < -0.4 is 14.2 Å². The van der Waals surface area contributed by atoms with Gasteiger partial charge < -0.3 is 23.8 Å². The molecule has 0 fully saturated rings. The Kier molecular flexibility index (Phi) is 8.62. The Morgan fingerprint density at radius 1 is 0.900 bits per heavy atom. The average Bonchev–Trinajstić information content (AvgIpc) is 2.73. The van der Waals surface area contributed by atoms with Crippen LogP contribution >= 0.6 is 23.2 Å². The number of halogens is 2. The van der Waals surface area contributed by atoms with Crippen LogP contribution in [-0.2, 0) is 27.3 Å². The summed E-state index contributed by atoms with van der Waals surface area (Å²) in [5, 5.41) is 0.849. The summed E-state index contributed by atoms with van der Waals surface area (Å²) in [5.41, 5.74) is 1.41. The van der Waals surface area contributed by atoms with Crippen molar-refractivity contribution in [3.63, 3.8) is 0 Å². The summed E-state index contributed by atoms with van der Waals surface area (Å²) in [6.45, 7) is -0.0682. The second kappa shape index (κ2) is 10.9. The Morgan fingerprint density at radius 2 is 1.53 bits per heavy atom. The Morgan fingerprint density at radius 3 is 2.07 bits per heavy atom. The fraction of sp³-hybridized carbons (Fsp3) is 0.333. The number of ether oxygens (including phenoxy) is 4. The quantitative estimate of drug-likeness (QED) is 0.535. The third-order valence-electron chi connectivity index (χ3n) is 4.26. The molecule has 162 valence electrons. The van der Waals surface area contributed by atoms with Crippen LogP contribution in [0.2, 0.25) is 10.0 Å². The molecule has 2 aromatic rings. The van der Waals surface area contributed by atoms with Crippen LogP contribution in [0.15, 0.2) is 30.3 Å². The molecule has 0 radical (unpaired) electrons. The fourth-order valence-corrected chi connectivity index (χ4v) is 3.03. The zero-order chi connectivity index (χ0) is 22.3. The molecule has 9 heteroatoms. The second-order valence-electron chi connectivity index (χ2n) is 6.37. The van der Waals surface area contributed by atoms with E-state index in [1.54, 1.807) is 37.4 Å². The predicted octanol–water partition coefficient (Wildman–Crippen LogP) is 3.76. The van der Waals surface area contributed by atoms with E-state index >= 15 is 0 Å². The molecule has 0 saturated heterocycles. The molecule has 2 aromatic carbocycles. The largest absolute Gasteiger partial charge is 0.493 e. The lowest BCUT2D eigenvalue weighted by Crippen LogP contribution is -2.31. The van der Waals surface area contributed by atoms with E-state index in [4.69, 9.17) is 42.1 Å². The number of amides is 1. The maximum absolute atomic E-state index is 12.3. The number of methoxy groups -OCH3 is 3. The number of nitrogens with zero attached hydrogens (tertiary/aromatic N) is 1. The van der Waals surface area contributed by atoms with Crippen molar-refractivity contribution in [2.75, 3.05) is 35.0 Å². The highest BCUT2D eigenvalue weighted by atomic mass is 35.5. The summed E-state index contributed by atoms with van der Waals surface area (Å²) in [7, 11) is 6.08. The molecule has 30 heavy (non-hydrogen) atoms. The topological polar surface area (TPSA) is 74.3 Å². The summed E-state index contributed by atoms with van der Waals surface area (Å²) < 4.78 is 20.9. The third-order valence-corrected chi connectivity index (χ3v) is 5.00. The van der Waals surface area contributed by atoms with Crippen LogP contribution in [0.4, 0.5) is 0 Å². The Bertz CT molecular complexity index is 893. The molecule has 0 aliphatic carbocycles. The second-order valence-corrected chi connectivity index (χ2v) is 7.18. The van der Waals surface area contributed by atoms with E-state index < -0.39 is 5.97 Å². The van der Waals surface area contributed by atoms with Gasteiger partial charge in [0.05, 0.1) is 37.8 Å². The molecule has 0 saturated carbocycles. The first-order chi connectivity index (χ1) is 14.3. The van der Waals surface area contributed by atoms with Gasteiger partial charge in [-0.3, -0.25) is 9.59 Å². The van der Waals surface area contributed by atoms with Crippen molar-refractivity contribution in [2.45, 2.75) is 13.0 Å². The average molecular weight is 456 g/mol. The first-order valence-corrected chi connectivity index (χ1v) is 9.67. The molecule has 7 nitrogen and oxygen atoms in total. The van der Waals surface area contributed by atoms with Crippen LogP contribution in [0.5, 0.6) is 17.2 Å². The van der Waals surface area contributed by atoms with Gasteiger partial charge in [0.2, 0.25) is 5.75 Å². The predicted molar refractivity (Wildman–Crippen MR) is 114 cm³/mol. The van der Waals surface area contributed by atoms with Crippen LogP contribution in [0.3, 0.4) is 0 Å². The monoisotopic (exact) mass is 455 g/mol. The molecule has 0 bridgehead atoms. The van der Waals surface area contributed by atoms with Gasteiger partial charge in [0.1, 0.15) is 0 Å². The maximum atomic E-state index is 12.3. The van der Waals surface area contributed by atoms with Crippen LogP contribution in [0.1, 0.15) is 11.1 Å². The molecule has 0 spiro atoms. The zero-order valence-electron chi connectivity index (χ0n) is 17.2. The molecule has 2 rings (SSSR count). The van der Waals surface area contributed by atoms with Gasteiger partial charge in [-0.2, -0.15) is 0 Å². The first-order valence-electron chi connectivity index (χ1n) is 8.91. The highest BCUT2D eigenvalue weighted by molar-refractivity contribution is 6.42. The Hall–Kier alpha value is -2.64. The summed E-state index contributed by atoms with van der Waals surface area (Å²) in [4.78, 5) is 25.9. The van der Waals surface area contributed by atoms with Crippen LogP contribution in [0, 0.1) is 0 Å². The highest BCUT2D eigenvalue weighted by Crippen LogP contribution is 2.38. The lowest BCUT2D eigenvalue weighted by atomic mass is 10.1. The SMILES string of the molecule is COc1cc(CC(=O)OCC(=O)N(C)Cc2ccc(Cl)c(Cl)c2)cc(OC)c1OC. The van der Waals surface area contributed by atoms with E-state index in [0.29, 0.717) is 39.4 Å². The number of hydrogen-bond acceptors (Lipinski definition) is 6. The van der Waals surface area contributed by atoms with E-state index in [2.05, 4.69) is 0 Å². The summed E-state index contributed by atoms with van der Waals surface area (Å²) in [6, 6.07) is 8.43. The lowest BCUT2D eigenvalue weighted by Gasteiger charge is -2.18. The van der Waals surface area contributed by atoms with E-state index in [1.807, 2.05) is 0 Å². The van der Waals surface area contributed by atoms with Crippen molar-refractivity contribution in [3.05, 3.63) is 51.5 Å². The molecule has 1 amide bonds. The summed E-state index contributed by atoms with van der Waals surface area (Å²) in [5.74, 6) is 0.380. The minimum atomic E-state index is -0.555. The van der Waals surface area contributed by atoms with Gasteiger partial charge in [-0.15, -0.1) is 0 Å². The normalized spacial score (nSPS) is 10.3. The Balaban J connectivity index is 1.93. The molecular weight excluding hydrogens is 433 g/mol. The smallest absolute Gasteiger partial charge is 0.310 e. The van der Waals surface area contributed by atoms with Gasteiger partial charge in [0.25, 0.3) is 5.91 Å². The van der Waals surface area contributed by atoms with Crippen LogP contribution in [-0.4, -0.2) is 51.8 Å². The van der Waals surface area contributed by atoms with Crippen molar-refractivity contribution < 1.29 is 28.5 Å². The van der Waals surface area contributed by atoms with E-state index in [1.165, 1.54) is 26.2 Å². The molecule has 0 atom stereocenters. The number of likely N-dealkylation sites (N-methyl/N-ethyl adjacent to an activating group) is 1. The molecule has 0 heterocycles. The van der Waals surface area contributed by atoms with E-state index in [9.17, 15) is 9.59 Å². The summed E-state index contributed by atoms with van der Waals surface area (Å²) in [6.07, 6.45) is -0.0551. The van der Waals surface area contributed by atoms with Crippen molar-refractivity contribution >= 4 is 35.1 Å². The van der Waals surface area contributed by atoms with Gasteiger partial charge in [0, 0.05) is 13.6 Å². The minimum absolute atomic E-state index is 0.0551. The molecular formula is C21H23Cl2NO6. The number of benzene rings is 2. The van der Waals surface area contributed by atoms with Crippen molar-refractivity contribution in [3.8, 4) is 17.2 Å². The van der Waals surface area contributed by atoms with Crippen molar-refractivity contribution in [2.24, 2.45) is 0 Å². The lowest BCUT2D eigenvalue weighted by molar-refractivity contribution is -0.151. The third kappa shape index (κ3) is 6.18. The van der Waals surface area contributed by atoms with E-state index in [0.717, 1.165) is 5.56 Å². The van der Waals surface area contributed by atoms with Gasteiger partial charge >= 0.3 is 5.97 Å². The van der Waals surface area contributed by atoms with Crippen molar-refractivity contribution in [1.29, 1.82) is 0 Å². The fourth-order valence-electron chi connectivity index (χ4n) is 2.71. The van der Waals surface area contributed by atoms with E-state index in [-0.39, 0.29) is 18.9 Å². The standard InChI is InChI=1S/C21H23Cl2NO6/c1-24(11-13-5-6-15(22)16(23)7-13)19(25)12-30-20(26)10-14-8-17(27-2)21(29-4)18(9-14)28-3/h5-9H,10-12H2,1-4H3. The summed E-state index contributed by atoms with van der Waals surface area (Å²) >= 11 is 11.9. The first kappa shape index (κ1) is 23.6. The van der Waals surface area contributed by atoms with Crippen molar-refractivity contribution in [1.82, 2.24) is 4.90 Å². The Labute approximate surface area is 185 Å². The molecule has 0 aliphatic rings. The zero-order valence-corrected chi connectivity index (χ0v) is 18.7. The minimum Gasteiger partial charge on any atom is -0.493 e. The van der Waals surface area contributed by atoms with Gasteiger partial charge in [0.15, 0.2) is 18.1 Å². The van der Waals surface area contributed by atoms with Gasteiger partial charge in [-0.05, 0) is 35.4 Å². The number of carbonyl (C=O) groups is 2. The molecule has 0 aromatic heterocycles. The molecule has 0 aliphatic heterocycles. The number of esters is 1. The maximum Gasteiger partial charge on any atom is 0.310 e. The number of carbonyl (C=O) groups excluding carboxylic acids is 2. The number of hydrogen-bond donors (Lipinski definition) is 0. The number of rotatable bonds is 9.